The van der Waals surface area contributed by atoms with E-state index >= 15 is 0 Å². The van der Waals surface area contributed by atoms with Gasteiger partial charge in [-0.1, -0.05) is 13.8 Å². The first kappa shape index (κ1) is 13.9. The quantitative estimate of drug-likeness (QED) is 0.827. The molecule has 3 atom stereocenters. The Morgan fingerprint density at radius 3 is 2.67 bits per heavy atom. The number of hydrogen-bond acceptors (Lipinski definition) is 5. The topological polar surface area (TPSA) is 95.6 Å². The van der Waals surface area contributed by atoms with E-state index in [1.165, 1.54) is 6.42 Å². The van der Waals surface area contributed by atoms with Gasteiger partial charge in [-0.15, -0.1) is 5.10 Å². The Kier molecular flexibility index (Phi) is 3.53. The maximum Gasteiger partial charge on any atom is 0.184 e. The number of aromatic nitrogens is 4. The Hall–Kier alpha value is -2.11. The van der Waals surface area contributed by atoms with Gasteiger partial charge in [0.2, 0.25) is 0 Å². The molecule has 3 unspecified atom stereocenters. The van der Waals surface area contributed by atoms with Crippen molar-refractivity contribution < 1.29 is 0 Å². The van der Waals surface area contributed by atoms with Gasteiger partial charge in [-0.25, -0.2) is 4.68 Å². The van der Waals surface area contributed by atoms with Crippen LogP contribution in [0.4, 0.5) is 11.4 Å². The van der Waals surface area contributed by atoms with Crippen molar-refractivity contribution in [2.75, 3.05) is 11.5 Å². The Morgan fingerprint density at radius 1 is 1.14 bits per heavy atom. The molecule has 3 rings (SSSR count). The van der Waals surface area contributed by atoms with Crippen LogP contribution in [0.2, 0.25) is 0 Å². The minimum atomic E-state index is 0.346. The van der Waals surface area contributed by atoms with Crippen molar-refractivity contribution in [3.63, 3.8) is 0 Å². The highest BCUT2D eigenvalue weighted by atomic mass is 15.5. The zero-order valence-corrected chi connectivity index (χ0v) is 12.5. The second kappa shape index (κ2) is 5.35. The molecule has 0 bridgehead atoms. The largest absolute Gasteiger partial charge is 0.399 e. The molecule has 0 spiro atoms. The van der Waals surface area contributed by atoms with E-state index in [9.17, 15) is 0 Å². The monoisotopic (exact) mass is 286 g/mol. The van der Waals surface area contributed by atoms with Crippen LogP contribution in [-0.4, -0.2) is 20.2 Å². The molecule has 0 amide bonds. The van der Waals surface area contributed by atoms with Crippen molar-refractivity contribution in [1.29, 1.82) is 0 Å². The number of nitrogen functional groups attached to an aromatic ring is 2. The highest BCUT2D eigenvalue weighted by Gasteiger charge is 2.28. The van der Waals surface area contributed by atoms with E-state index in [0.29, 0.717) is 23.3 Å². The molecule has 21 heavy (non-hydrogen) atoms. The number of nitrogens with zero attached hydrogens (tertiary/aromatic N) is 4. The summed E-state index contributed by atoms with van der Waals surface area (Å²) in [5, 5.41) is 12.2. The fraction of sp³-hybridized carbons (Fsp3) is 0.533. The molecule has 1 heterocycles. The molecule has 1 aromatic heterocycles. The maximum absolute atomic E-state index is 6.07. The molecule has 4 N–H and O–H groups in total. The number of anilines is 2. The SMILES string of the molecule is CC1CCC(n2nnnc2-c2ccc(N)cc2N)CC1C. The summed E-state index contributed by atoms with van der Waals surface area (Å²) >= 11 is 0. The first-order valence-electron chi connectivity index (χ1n) is 7.49. The molecule has 1 saturated carbocycles. The summed E-state index contributed by atoms with van der Waals surface area (Å²) in [6.45, 7) is 4.62. The van der Waals surface area contributed by atoms with Gasteiger partial charge in [-0.3, -0.25) is 0 Å². The average Bonchev–Trinajstić information content (AvgIpc) is 2.91. The summed E-state index contributed by atoms with van der Waals surface area (Å²) in [5.74, 6) is 2.19. The Labute approximate surface area is 124 Å². The van der Waals surface area contributed by atoms with E-state index in [4.69, 9.17) is 11.5 Å². The fourth-order valence-electron chi connectivity index (χ4n) is 3.14. The molecule has 0 aliphatic heterocycles. The van der Waals surface area contributed by atoms with E-state index < -0.39 is 0 Å². The summed E-state index contributed by atoms with van der Waals surface area (Å²) in [4.78, 5) is 0. The predicted molar refractivity (Wildman–Crippen MR) is 83.3 cm³/mol. The van der Waals surface area contributed by atoms with Crippen molar-refractivity contribution >= 4 is 11.4 Å². The van der Waals surface area contributed by atoms with Crippen LogP contribution in [0.1, 0.15) is 39.2 Å². The Bertz CT molecular complexity index is 635. The van der Waals surface area contributed by atoms with Crippen molar-refractivity contribution in [3.8, 4) is 11.4 Å². The molecule has 1 aromatic carbocycles. The zero-order chi connectivity index (χ0) is 15.0. The van der Waals surface area contributed by atoms with Crippen molar-refractivity contribution in [2.45, 2.75) is 39.2 Å². The first-order valence-corrected chi connectivity index (χ1v) is 7.49. The Balaban J connectivity index is 1.94. The van der Waals surface area contributed by atoms with Gasteiger partial charge in [0.25, 0.3) is 0 Å². The molecular weight excluding hydrogens is 264 g/mol. The molecule has 6 heteroatoms. The number of nitrogens with two attached hydrogens (primary N) is 2. The highest BCUT2D eigenvalue weighted by molar-refractivity contribution is 5.74. The van der Waals surface area contributed by atoms with Crippen LogP contribution in [0, 0.1) is 11.8 Å². The second-order valence-corrected chi connectivity index (χ2v) is 6.22. The van der Waals surface area contributed by atoms with Gasteiger partial charge >= 0.3 is 0 Å². The van der Waals surface area contributed by atoms with Crippen LogP contribution in [0.25, 0.3) is 11.4 Å². The van der Waals surface area contributed by atoms with Gasteiger partial charge in [-0.2, -0.15) is 0 Å². The summed E-state index contributed by atoms with van der Waals surface area (Å²) < 4.78 is 1.93. The third kappa shape index (κ3) is 2.57. The zero-order valence-electron chi connectivity index (χ0n) is 12.5. The summed E-state index contributed by atoms with van der Waals surface area (Å²) in [5.41, 5.74) is 13.9. The van der Waals surface area contributed by atoms with Crippen LogP contribution in [0.15, 0.2) is 18.2 Å². The summed E-state index contributed by atoms with van der Waals surface area (Å²) in [6, 6.07) is 5.82. The van der Waals surface area contributed by atoms with E-state index in [1.807, 2.05) is 16.8 Å². The van der Waals surface area contributed by atoms with Gasteiger partial charge in [0.15, 0.2) is 5.82 Å². The number of rotatable bonds is 2. The van der Waals surface area contributed by atoms with Gasteiger partial charge < -0.3 is 11.5 Å². The molecule has 2 aromatic rings. The average molecular weight is 286 g/mol. The van der Waals surface area contributed by atoms with Gasteiger partial charge in [0.1, 0.15) is 0 Å². The van der Waals surface area contributed by atoms with E-state index in [-0.39, 0.29) is 0 Å². The van der Waals surface area contributed by atoms with Crippen LogP contribution < -0.4 is 11.5 Å². The third-order valence-electron chi connectivity index (χ3n) is 4.73. The normalized spacial score (nSPS) is 25.9. The van der Waals surface area contributed by atoms with Gasteiger partial charge in [0, 0.05) is 16.9 Å². The van der Waals surface area contributed by atoms with Crippen LogP contribution in [-0.2, 0) is 0 Å². The summed E-state index contributed by atoms with van der Waals surface area (Å²) in [6.07, 6.45) is 3.43. The van der Waals surface area contributed by atoms with Crippen LogP contribution >= 0.6 is 0 Å². The van der Waals surface area contributed by atoms with Gasteiger partial charge in [-0.05, 0) is 59.7 Å². The fourth-order valence-corrected chi connectivity index (χ4v) is 3.14. The molecule has 1 fully saturated rings. The number of tetrazole rings is 1. The lowest BCUT2D eigenvalue weighted by atomic mass is 9.79. The van der Waals surface area contributed by atoms with Crippen LogP contribution in [0.3, 0.4) is 0 Å². The molecular formula is C15H22N6. The molecule has 0 saturated heterocycles. The lowest BCUT2D eigenvalue weighted by molar-refractivity contribution is 0.200. The number of benzene rings is 1. The van der Waals surface area contributed by atoms with Gasteiger partial charge in [0.05, 0.1) is 6.04 Å². The molecule has 6 nitrogen and oxygen atoms in total. The number of hydrogen-bond donors (Lipinski definition) is 2. The smallest absolute Gasteiger partial charge is 0.184 e. The second-order valence-electron chi connectivity index (χ2n) is 6.22. The van der Waals surface area contributed by atoms with E-state index in [0.717, 1.165) is 30.1 Å². The Morgan fingerprint density at radius 2 is 1.95 bits per heavy atom. The van der Waals surface area contributed by atoms with Crippen molar-refractivity contribution in [2.24, 2.45) is 11.8 Å². The lowest BCUT2D eigenvalue weighted by Crippen LogP contribution is -2.24. The lowest BCUT2D eigenvalue weighted by Gasteiger charge is -2.32. The molecule has 0 radical (unpaired) electrons. The maximum atomic E-state index is 6.07. The molecule has 1 aliphatic rings. The van der Waals surface area contributed by atoms with E-state index in [2.05, 4.69) is 29.4 Å². The third-order valence-corrected chi connectivity index (χ3v) is 4.73. The molecule has 1 aliphatic carbocycles. The minimum absolute atomic E-state index is 0.346. The minimum Gasteiger partial charge on any atom is -0.399 e. The highest BCUT2D eigenvalue weighted by Crippen LogP contribution is 2.37. The predicted octanol–water partition coefficient (Wildman–Crippen LogP) is 2.50. The van der Waals surface area contributed by atoms with Crippen molar-refractivity contribution in [1.82, 2.24) is 20.2 Å². The standard InChI is InChI=1S/C15H22N6/c1-9-3-5-12(7-10(9)2)21-15(18-19-20-21)13-6-4-11(16)8-14(13)17/h4,6,8-10,12H,3,5,7,16-17H2,1-2H3. The van der Waals surface area contributed by atoms with Crippen molar-refractivity contribution in [3.05, 3.63) is 18.2 Å². The first-order chi connectivity index (χ1) is 10.1. The van der Waals surface area contributed by atoms with Crippen LogP contribution in [0.5, 0.6) is 0 Å². The van der Waals surface area contributed by atoms with E-state index in [1.54, 1.807) is 6.07 Å². The summed E-state index contributed by atoms with van der Waals surface area (Å²) in [7, 11) is 0. The molecule has 112 valence electrons.